The lowest BCUT2D eigenvalue weighted by Crippen LogP contribution is -2.27. The van der Waals surface area contributed by atoms with E-state index in [9.17, 15) is 9.59 Å². The van der Waals surface area contributed by atoms with Gasteiger partial charge in [0.05, 0.1) is 0 Å². The summed E-state index contributed by atoms with van der Waals surface area (Å²) in [5, 5.41) is 2.73. The maximum Gasteiger partial charge on any atom is 0.280 e. The van der Waals surface area contributed by atoms with Crippen LogP contribution < -0.4 is 10.2 Å². The SMILES string of the molecule is CC(=O)Nc1ccc(-c2oc(-c3ccccc3)nc2C(=O)N(C)c2ccccc2)cc1. The highest BCUT2D eigenvalue weighted by molar-refractivity contribution is 6.08. The van der Waals surface area contributed by atoms with Gasteiger partial charge in [-0.1, -0.05) is 36.4 Å². The first kappa shape index (κ1) is 20.1. The maximum absolute atomic E-state index is 13.3. The van der Waals surface area contributed by atoms with Gasteiger partial charge in [-0.15, -0.1) is 0 Å². The molecule has 6 heteroatoms. The Morgan fingerprint density at radius 1 is 0.839 bits per heavy atom. The second-order valence-electron chi connectivity index (χ2n) is 7.02. The highest BCUT2D eigenvalue weighted by Crippen LogP contribution is 2.32. The van der Waals surface area contributed by atoms with Crippen LogP contribution in [-0.4, -0.2) is 23.8 Å². The molecule has 0 unspecified atom stereocenters. The first-order valence-corrected chi connectivity index (χ1v) is 9.80. The van der Waals surface area contributed by atoms with Crippen LogP contribution in [-0.2, 0) is 4.79 Å². The van der Waals surface area contributed by atoms with Crippen LogP contribution >= 0.6 is 0 Å². The summed E-state index contributed by atoms with van der Waals surface area (Å²) in [6.07, 6.45) is 0. The number of oxazole rings is 1. The van der Waals surface area contributed by atoms with Crippen LogP contribution in [0.25, 0.3) is 22.8 Å². The normalized spacial score (nSPS) is 10.5. The van der Waals surface area contributed by atoms with E-state index in [4.69, 9.17) is 4.42 Å². The molecule has 0 fully saturated rings. The molecule has 0 spiro atoms. The van der Waals surface area contributed by atoms with Crippen molar-refractivity contribution in [3.05, 3.63) is 90.6 Å². The zero-order chi connectivity index (χ0) is 21.8. The van der Waals surface area contributed by atoms with Gasteiger partial charge in [-0.3, -0.25) is 9.59 Å². The van der Waals surface area contributed by atoms with Gasteiger partial charge >= 0.3 is 0 Å². The number of benzene rings is 3. The maximum atomic E-state index is 13.3. The summed E-state index contributed by atoms with van der Waals surface area (Å²) in [5.74, 6) is 0.310. The number of carbonyl (C=O) groups is 2. The molecule has 1 N–H and O–H groups in total. The molecule has 2 amide bonds. The molecule has 4 rings (SSSR count). The fraction of sp³-hybridized carbons (Fsp3) is 0.0800. The number of carbonyl (C=O) groups excluding carboxylic acids is 2. The number of hydrogen-bond donors (Lipinski definition) is 1. The first-order chi connectivity index (χ1) is 15.0. The number of nitrogens with zero attached hydrogens (tertiary/aromatic N) is 2. The molecule has 0 aliphatic rings. The Kier molecular flexibility index (Phi) is 5.62. The van der Waals surface area contributed by atoms with E-state index in [-0.39, 0.29) is 17.5 Å². The number of amides is 2. The number of hydrogen-bond acceptors (Lipinski definition) is 4. The van der Waals surface area contributed by atoms with E-state index in [1.54, 1.807) is 36.2 Å². The third-order valence-electron chi connectivity index (χ3n) is 4.77. The molecule has 0 radical (unpaired) electrons. The molecule has 154 valence electrons. The second kappa shape index (κ2) is 8.67. The van der Waals surface area contributed by atoms with Crippen LogP contribution in [0.5, 0.6) is 0 Å². The number of aromatic nitrogens is 1. The Bertz CT molecular complexity index is 1200. The third-order valence-corrected chi connectivity index (χ3v) is 4.77. The molecule has 0 aliphatic carbocycles. The van der Waals surface area contributed by atoms with Crippen molar-refractivity contribution in [2.24, 2.45) is 0 Å². The smallest absolute Gasteiger partial charge is 0.280 e. The molecule has 1 aromatic heterocycles. The quantitative estimate of drug-likeness (QED) is 0.487. The van der Waals surface area contributed by atoms with E-state index >= 15 is 0 Å². The van der Waals surface area contributed by atoms with Gasteiger partial charge in [-0.05, 0) is 48.5 Å². The van der Waals surface area contributed by atoms with Gasteiger partial charge in [0.2, 0.25) is 11.8 Å². The zero-order valence-corrected chi connectivity index (χ0v) is 17.2. The highest BCUT2D eigenvalue weighted by atomic mass is 16.4. The molecule has 0 saturated carbocycles. The second-order valence-corrected chi connectivity index (χ2v) is 7.02. The lowest BCUT2D eigenvalue weighted by Gasteiger charge is -2.16. The fourth-order valence-corrected chi connectivity index (χ4v) is 3.20. The Morgan fingerprint density at radius 3 is 2.06 bits per heavy atom. The van der Waals surface area contributed by atoms with E-state index in [0.717, 1.165) is 11.3 Å². The average molecular weight is 411 g/mol. The van der Waals surface area contributed by atoms with Crippen LogP contribution in [0.15, 0.2) is 89.3 Å². The van der Waals surface area contributed by atoms with Crippen molar-refractivity contribution in [1.29, 1.82) is 0 Å². The number of para-hydroxylation sites is 1. The Morgan fingerprint density at radius 2 is 1.45 bits per heavy atom. The molecule has 0 atom stereocenters. The van der Waals surface area contributed by atoms with Gasteiger partial charge in [0, 0.05) is 36.5 Å². The molecule has 0 saturated heterocycles. The average Bonchev–Trinajstić information content (AvgIpc) is 3.25. The van der Waals surface area contributed by atoms with Crippen molar-refractivity contribution < 1.29 is 14.0 Å². The predicted octanol–water partition coefficient (Wildman–Crippen LogP) is 5.24. The minimum Gasteiger partial charge on any atom is -0.435 e. The van der Waals surface area contributed by atoms with E-state index in [0.29, 0.717) is 22.9 Å². The lowest BCUT2D eigenvalue weighted by atomic mass is 10.1. The van der Waals surface area contributed by atoms with E-state index in [1.807, 2.05) is 60.7 Å². The van der Waals surface area contributed by atoms with Crippen molar-refractivity contribution in [2.75, 3.05) is 17.3 Å². The van der Waals surface area contributed by atoms with E-state index < -0.39 is 0 Å². The first-order valence-electron chi connectivity index (χ1n) is 9.80. The summed E-state index contributed by atoms with van der Waals surface area (Å²) in [7, 11) is 1.71. The minimum atomic E-state index is -0.280. The summed E-state index contributed by atoms with van der Waals surface area (Å²) in [4.78, 5) is 30.7. The summed E-state index contributed by atoms with van der Waals surface area (Å²) in [6.45, 7) is 1.45. The van der Waals surface area contributed by atoms with Crippen LogP contribution in [0, 0.1) is 0 Å². The van der Waals surface area contributed by atoms with Gasteiger partial charge in [0.1, 0.15) is 0 Å². The van der Waals surface area contributed by atoms with Crippen molar-refractivity contribution in [1.82, 2.24) is 4.98 Å². The van der Waals surface area contributed by atoms with Gasteiger partial charge in [-0.25, -0.2) is 4.98 Å². The van der Waals surface area contributed by atoms with Gasteiger partial charge in [0.25, 0.3) is 5.91 Å². The number of rotatable bonds is 5. The highest BCUT2D eigenvalue weighted by Gasteiger charge is 2.25. The summed E-state index contributed by atoms with van der Waals surface area (Å²) >= 11 is 0. The standard InChI is InChI=1S/C25H21N3O3/c1-17(29)26-20-15-13-18(14-16-20)23-22(25(30)28(2)21-11-7-4-8-12-21)27-24(31-23)19-9-5-3-6-10-19/h3-16H,1-2H3,(H,26,29). The van der Waals surface area contributed by atoms with Gasteiger partial charge < -0.3 is 14.6 Å². The minimum absolute atomic E-state index is 0.154. The molecule has 0 bridgehead atoms. The molecule has 6 nitrogen and oxygen atoms in total. The van der Waals surface area contributed by atoms with Crippen molar-refractivity contribution in [3.8, 4) is 22.8 Å². The summed E-state index contributed by atoms with van der Waals surface area (Å²) in [6, 6.07) is 25.9. The molecule has 4 aromatic rings. The molecule has 0 aliphatic heterocycles. The summed E-state index contributed by atoms with van der Waals surface area (Å²) in [5.41, 5.74) is 3.10. The zero-order valence-electron chi connectivity index (χ0n) is 17.2. The Hall–Kier alpha value is -4.19. The predicted molar refractivity (Wildman–Crippen MR) is 121 cm³/mol. The third kappa shape index (κ3) is 4.38. The van der Waals surface area contributed by atoms with Crippen LogP contribution in [0.3, 0.4) is 0 Å². The van der Waals surface area contributed by atoms with Crippen LogP contribution in [0.1, 0.15) is 17.4 Å². The topological polar surface area (TPSA) is 75.4 Å². The van der Waals surface area contributed by atoms with Crippen LogP contribution in [0.4, 0.5) is 11.4 Å². The molecule has 3 aromatic carbocycles. The molecular weight excluding hydrogens is 390 g/mol. The molecule has 1 heterocycles. The monoisotopic (exact) mass is 411 g/mol. The van der Waals surface area contributed by atoms with Crippen molar-refractivity contribution >= 4 is 23.2 Å². The van der Waals surface area contributed by atoms with Gasteiger partial charge in [0.15, 0.2) is 11.5 Å². The number of anilines is 2. The Balaban J connectivity index is 1.77. The van der Waals surface area contributed by atoms with Crippen molar-refractivity contribution in [3.63, 3.8) is 0 Å². The Labute approximate surface area is 180 Å². The molecular formula is C25H21N3O3. The van der Waals surface area contributed by atoms with Gasteiger partial charge in [-0.2, -0.15) is 0 Å². The fourth-order valence-electron chi connectivity index (χ4n) is 3.20. The van der Waals surface area contributed by atoms with E-state index in [2.05, 4.69) is 10.3 Å². The van der Waals surface area contributed by atoms with Crippen LogP contribution in [0.2, 0.25) is 0 Å². The largest absolute Gasteiger partial charge is 0.435 e. The lowest BCUT2D eigenvalue weighted by molar-refractivity contribution is -0.114. The van der Waals surface area contributed by atoms with Crippen molar-refractivity contribution in [2.45, 2.75) is 6.92 Å². The van der Waals surface area contributed by atoms with E-state index in [1.165, 1.54) is 6.92 Å². The molecule has 31 heavy (non-hydrogen) atoms. The number of nitrogens with one attached hydrogen (secondary N) is 1. The summed E-state index contributed by atoms with van der Waals surface area (Å²) < 4.78 is 6.07.